The van der Waals surface area contributed by atoms with Crippen molar-refractivity contribution in [3.8, 4) is 11.5 Å². The molecule has 2 aromatic carbocycles. The second-order valence-corrected chi connectivity index (χ2v) is 7.07. The minimum atomic E-state index is 0.118. The lowest BCUT2D eigenvalue weighted by Gasteiger charge is -2.35. The number of ether oxygens (including phenoxy) is 2. The van der Waals surface area contributed by atoms with Gasteiger partial charge >= 0.3 is 0 Å². The molecule has 0 spiro atoms. The highest BCUT2D eigenvalue weighted by Crippen LogP contribution is 2.25. The lowest BCUT2D eigenvalue weighted by molar-refractivity contribution is -0.132. The Kier molecular flexibility index (Phi) is 6.58. The molecule has 27 heavy (non-hydrogen) atoms. The second-order valence-electron chi connectivity index (χ2n) is 6.64. The van der Waals surface area contributed by atoms with Gasteiger partial charge in [-0.15, -0.1) is 0 Å². The Balaban J connectivity index is 1.55. The van der Waals surface area contributed by atoms with E-state index in [1.807, 2.05) is 35.2 Å². The van der Waals surface area contributed by atoms with Gasteiger partial charge in [-0.05, 0) is 35.9 Å². The fourth-order valence-electron chi connectivity index (χ4n) is 3.30. The molecule has 1 amide bonds. The van der Waals surface area contributed by atoms with Crippen LogP contribution in [-0.4, -0.2) is 56.1 Å². The quantitative estimate of drug-likeness (QED) is 0.761. The zero-order valence-electron chi connectivity index (χ0n) is 15.8. The number of halogens is 1. The monoisotopic (exact) mass is 388 g/mol. The molecule has 6 heteroatoms. The maximum Gasteiger partial charge on any atom is 0.227 e. The van der Waals surface area contributed by atoms with Crippen molar-refractivity contribution in [2.75, 3.05) is 40.4 Å². The summed E-state index contributed by atoms with van der Waals surface area (Å²) in [7, 11) is 3.23. The number of piperazine rings is 1. The molecule has 1 saturated heterocycles. The summed E-state index contributed by atoms with van der Waals surface area (Å²) in [5.74, 6) is 1.56. The topological polar surface area (TPSA) is 42.0 Å². The standard InChI is InChI=1S/C21H25ClN2O3/c1-26-19-7-8-20(27-2)17(13-19)14-21(25)24-11-9-23(10-12-24)15-16-3-5-18(22)6-4-16/h3-8,13H,9-12,14-15H2,1-2H3. The van der Waals surface area contributed by atoms with Crippen LogP contribution in [0.1, 0.15) is 11.1 Å². The molecule has 1 aliphatic heterocycles. The maximum atomic E-state index is 12.7. The number of methoxy groups -OCH3 is 2. The molecule has 5 nitrogen and oxygen atoms in total. The fourth-order valence-corrected chi connectivity index (χ4v) is 3.42. The van der Waals surface area contributed by atoms with Crippen LogP contribution in [0.5, 0.6) is 11.5 Å². The normalized spacial score (nSPS) is 14.9. The Morgan fingerprint density at radius 2 is 1.70 bits per heavy atom. The van der Waals surface area contributed by atoms with Crippen molar-refractivity contribution >= 4 is 17.5 Å². The Morgan fingerprint density at radius 3 is 2.33 bits per heavy atom. The fraction of sp³-hybridized carbons (Fsp3) is 0.381. The van der Waals surface area contributed by atoms with Crippen LogP contribution in [0.2, 0.25) is 5.02 Å². The Hall–Kier alpha value is -2.24. The summed E-state index contributed by atoms with van der Waals surface area (Å²) in [6.07, 6.45) is 0.317. The molecular weight excluding hydrogens is 364 g/mol. The van der Waals surface area contributed by atoms with E-state index < -0.39 is 0 Å². The Bertz CT molecular complexity index is 771. The minimum Gasteiger partial charge on any atom is -0.497 e. The highest BCUT2D eigenvalue weighted by atomic mass is 35.5. The predicted octanol–water partition coefficient (Wildman–Crippen LogP) is 3.24. The third kappa shape index (κ3) is 5.15. The van der Waals surface area contributed by atoms with Gasteiger partial charge in [0.1, 0.15) is 11.5 Å². The number of benzene rings is 2. The molecule has 144 valence electrons. The van der Waals surface area contributed by atoms with E-state index in [-0.39, 0.29) is 5.91 Å². The minimum absolute atomic E-state index is 0.118. The maximum absolute atomic E-state index is 12.7. The summed E-state index contributed by atoms with van der Waals surface area (Å²) in [4.78, 5) is 17.0. The molecule has 0 atom stereocenters. The number of carbonyl (C=O) groups excluding carboxylic acids is 1. The van der Waals surface area contributed by atoms with Crippen LogP contribution < -0.4 is 9.47 Å². The van der Waals surface area contributed by atoms with Crippen LogP contribution in [0.4, 0.5) is 0 Å². The molecule has 1 fully saturated rings. The summed E-state index contributed by atoms with van der Waals surface area (Å²) in [6, 6.07) is 13.5. The smallest absolute Gasteiger partial charge is 0.227 e. The van der Waals surface area contributed by atoms with Gasteiger partial charge in [-0.1, -0.05) is 23.7 Å². The molecule has 2 aromatic rings. The van der Waals surface area contributed by atoms with Gasteiger partial charge in [-0.2, -0.15) is 0 Å². The van der Waals surface area contributed by atoms with Crippen molar-refractivity contribution in [2.24, 2.45) is 0 Å². The van der Waals surface area contributed by atoms with Crippen molar-refractivity contribution < 1.29 is 14.3 Å². The van der Waals surface area contributed by atoms with E-state index in [4.69, 9.17) is 21.1 Å². The average Bonchev–Trinajstić information content (AvgIpc) is 2.70. The van der Waals surface area contributed by atoms with Crippen LogP contribution in [-0.2, 0) is 17.8 Å². The summed E-state index contributed by atoms with van der Waals surface area (Å²) in [5.41, 5.74) is 2.09. The van der Waals surface area contributed by atoms with Gasteiger partial charge in [0.05, 0.1) is 20.6 Å². The summed E-state index contributed by atoms with van der Waals surface area (Å²) in [5, 5.41) is 0.752. The predicted molar refractivity (Wildman–Crippen MR) is 107 cm³/mol. The van der Waals surface area contributed by atoms with Crippen LogP contribution in [0.25, 0.3) is 0 Å². The summed E-state index contributed by atoms with van der Waals surface area (Å²) in [6.45, 7) is 4.08. The van der Waals surface area contributed by atoms with Gasteiger partial charge in [-0.25, -0.2) is 0 Å². The van der Waals surface area contributed by atoms with Gasteiger partial charge in [-0.3, -0.25) is 9.69 Å². The van der Waals surface area contributed by atoms with E-state index in [2.05, 4.69) is 17.0 Å². The highest BCUT2D eigenvalue weighted by Gasteiger charge is 2.22. The van der Waals surface area contributed by atoms with E-state index in [0.717, 1.165) is 49.1 Å². The molecule has 0 unspecified atom stereocenters. The van der Waals surface area contributed by atoms with Gasteiger partial charge in [0.15, 0.2) is 0 Å². The van der Waals surface area contributed by atoms with E-state index in [1.54, 1.807) is 14.2 Å². The van der Waals surface area contributed by atoms with E-state index in [9.17, 15) is 4.79 Å². The summed E-state index contributed by atoms with van der Waals surface area (Å²) < 4.78 is 10.6. The number of hydrogen-bond donors (Lipinski definition) is 0. The first-order valence-electron chi connectivity index (χ1n) is 9.04. The zero-order valence-corrected chi connectivity index (χ0v) is 16.5. The number of carbonyl (C=O) groups is 1. The second kappa shape index (κ2) is 9.11. The highest BCUT2D eigenvalue weighted by molar-refractivity contribution is 6.30. The zero-order chi connectivity index (χ0) is 19.2. The van der Waals surface area contributed by atoms with E-state index >= 15 is 0 Å². The number of amides is 1. The van der Waals surface area contributed by atoms with Crippen molar-refractivity contribution in [3.63, 3.8) is 0 Å². The molecule has 0 radical (unpaired) electrons. The van der Waals surface area contributed by atoms with Crippen LogP contribution in [0.3, 0.4) is 0 Å². The van der Waals surface area contributed by atoms with Crippen molar-refractivity contribution in [1.82, 2.24) is 9.80 Å². The molecule has 0 aromatic heterocycles. The molecule has 1 aliphatic rings. The Labute approximate surface area is 165 Å². The summed E-state index contributed by atoms with van der Waals surface area (Å²) >= 11 is 5.94. The van der Waals surface area contributed by atoms with Crippen molar-refractivity contribution in [2.45, 2.75) is 13.0 Å². The molecule has 3 rings (SSSR count). The molecule has 0 N–H and O–H groups in total. The average molecular weight is 389 g/mol. The largest absolute Gasteiger partial charge is 0.497 e. The lowest BCUT2D eigenvalue weighted by atomic mass is 10.1. The van der Waals surface area contributed by atoms with Crippen molar-refractivity contribution in [1.29, 1.82) is 0 Å². The number of nitrogens with zero attached hydrogens (tertiary/aromatic N) is 2. The van der Waals surface area contributed by atoms with Crippen molar-refractivity contribution in [3.05, 3.63) is 58.6 Å². The number of rotatable bonds is 6. The van der Waals surface area contributed by atoms with Gasteiger partial charge < -0.3 is 14.4 Å². The van der Waals surface area contributed by atoms with Gasteiger partial charge in [0.25, 0.3) is 0 Å². The van der Waals surface area contributed by atoms with E-state index in [1.165, 1.54) is 5.56 Å². The molecule has 0 saturated carbocycles. The van der Waals surface area contributed by atoms with E-state index in [0.29, 0.717) is 12.2 Å². The van der Waals surface area contributed by atoms with Crippen LogP contribution in [0.15, 0.2) is 42.5 Å². The van der Waals surface area contributed by atoms with Gasteiger partial charge in [0.2, 0.25) is 5.91 Å². The van der Waals surface area contributed by atoms with Gasteiger partial charge in [0, 0.05) is 43.3 Å². The SMILES string of the molecule is COc1ccc(OC)c(CC(=O)N2CCN(Cc3ccc(Cl)cc3)CC2)c1. The lowest BCUT2D eigenvalue weighted by Crippen LogP contribution is -2.48. The molecule has 0 aliphatic carbocycles. The first-order valence-corrected chi connectivity index (χ1v) is 9.42. The van der Waals surface area contributed by atoms with Crippen LogP contribution in [0, 0.1) is 0 Å². The first kappa shape index (κ1) is 19.5. The molecule has 0 bridgehead atoms. The Morgan fingerprint density at radius 1 is 1.00 bits per heavy atom. The molecule has 1 heterocycles. The third-order valence-corrected chi connectivity index (χ3v) is 5.13. The number of hydrogen-bond acceptors (Lipinski definition) is 4. The molecular formula is C21H25ClN2O3. The first-order chi connectivity index (χ1) is 13.1. The van der Waals surface area contributed by atoms with Crippen LogP contribution >= 0.6 is 11.6 Å². The third-order valence-electron chi connectivity index (χ3n) is 4.87.